The Kier molecular flexibility index (Phi) is 6.21. The van der Waals surface area contributed by atoms with Crippen LogP contribution in [0.25, 0.3) is 0 Å². The molecule has 138 valence electrons. The van der Waals surface area contributed by atoms with Gasteiger partial charge in [0.15, 0.2) is 30.7 Å². The second kappa shape index (κ2) is 8.37. The Morgan fingerprint density at radius 3 is 2.46 bits per heavy atom. The first-order chi connectivity index (χ1) is 12.3. The van der Waals surface area contributed by atoms with Crippen LogP contribution in [0.5, 0.6) is 5.75 Å². The number of amides is 1. The molecule has 8 heteroatoms. The van der Waals surface area contributed by atoms with Crippen LogP contribution in [0, 0.1) is 31.3 Å². The third-order valence-electron chi connectivity index (χ3n) is 3.57. The number of nitrogens with one attached hydrogen (secondary N) is 1. The Morgan fingerprint density at radius 2 is 1.73 bits per heavy atom. The van der Waals surface area contributed by atoms with Gasteiger partial charge in [-0.05, 0) is 43.2 Å². The number of carbonyl (C=O) groups is 2. The Bertz CT molecular complexity index is 839. The minimum absolute atomic E-state index is 0.420. The van der Waals surface area contributed by atoms with Crippen LogP contribution in [0.15, 0.2) is 30.3 Å². The predicted molar refractivity (Wildman–Crippen MR) is 87.3 cm³/mol. The van der Waals surface area contributed by atoms with E-state index in [2.05, 4.69) is 0 Å². The van der Waals surface area contributed by atoms with Gasteiger partial charge in [-0.2, -0.15) is 0 Å². The first-order valence-electron chi connectivity index (χ1n) is 7.57. The highest BCUT2D eigenvalue weighted by Gasteiger charge is 2.16. The molecule has 0 saturated carbocycles. The summed E-state index contributed by atoms with van der Waals surface area (Å²) in [6.45, 7) is 2.58. The van der Waals surface area contributed by atoms with Crippen molar-refractivity contribution in [2.24, 2.45) is 0 Å². The Hall–Kier alpha value is -3.03. The topological polar surface area (TPSA) is 64.6 Å². The number of halogens is 3. The molecule has 2 aromatic rings. The molecule has 0 bridgehead atoms. The van der Waals surface area contributed by atoms with Gasteiger partial charge >= 0.3 is 5.97 Å². The fraction of sp³-hybridized carbons (Fsp3) is 0.222. The van der Waals surface area contributed by atoms with Crippen LogP contribution in [0.1, 0.15) is 11.1 Å². The smallest absolute Gasteiger partial charge is 0.344 e. The lowest BCUT2D eigenvalue weighted by molar-refractivity contribution is -0.149. The summed E-state index contributed by atoms with van der Waals surface area (Å²) < 4.78 is 49.4. The van der Waals surface area contributed by atoms with Crippen molar-refractivity contribution in [2.75, 3.05) is 18.5 Å². The summed E-state index contributed by atoms with van der Waals surface area (Å²) in [5, 5.41) is 1.99. The zero-order valence-corrected chi connectivity index (χ0v) is 14.1. The molecule has 1 N–H and O–H groups in total. The van der Waals surface area contributed by atoms with Gasteiger partial charge in [-0.3, -0.25) is 4.79 Å². The first-order valence-corrected chi connectivity index (χ1v) is 7.57. The van der Waals surface area contributed by atoms with Crippen LogP contribution in [0.2, 0.25) is 0 Å². The third-order valence-corrected chi connectivity index (χ3v) is 3.57. The minimum atomic E-state index is -1.71. The molecule has 0 saturated heterocycles. The minimum Gasteiger partial charge on any atom is -0.482 e. The van der Waals surface area contributed by atoms with Crippen molar-refractivity contribution in [3.63, 3.8) is 0 Å². The molecule has 5 nitrogen and oxygen atoms in total. The van der Waals surface area contributed by atoms with Gasteiger partial charge in [0.05, 0.1) is 5.69 Å². The van der Waals surface area contributed by atoms with Gasteiger partial charge in [-0.25, -0.2) is 18.0 Å². The van der Waals surface area contributed by atoms with Gasteiger partial charge in [-0.1, -0.05) is 12.1 Å². The molecule has 1 amide bonds. The van der Waals surface area contributed by atoms with Gasteiger partial charge in [0, 0.05) is 0 Å². The Morgan fingerprint density at radius 1 is 1.00 bits per heavy atom. The van der Waals surface area contributed by atoms with E-state index >= 15 is 0 Å². The fourth-order valence-corrected chi connectivity index (χ4v) is 2.01. The molecular weight excluding hydrogens is 351 g/mol. The van der Waals surface area contributed by atoms with E-state index in [4.69, 9.17) is 9.47 Å². The highest BCUT2D eigenvalue weighted by atomic mass is 19.2. The van der Waals surface area contributed by atoms with Crippen LogP contribution in [0.3, 0.4) is 0 Å². The normalized spacial score (nSPS) is 10.3. The van der Waals surface area contributed by atoms with Gasteiger partial charge in [0.1, 0.15) is 5.75 Å². The number of carbonyl (C=O) groups excluding carboxylic acids is 2. The summed E-state index contributed by atoms with van der Waals surface area (Å²) in [6.07, 6.45) is 0. The van der Waals surface area contributed by atoms with Crippen LogP contribution in [-0.2, 0) is 14.3 Å². The average molecular weight is 367 g/mol. The lowest BCUT2D eigenvalue weighted by Gasteiger charge is -2.11. The maximum absolute atomic E-state index is 13.4. The van der Waals surface area contributed by atoms with Crippen molar-refractivity contribution in [3.05, 3.63) is 58.9 Å². The summed E-state index contributed by atoms with van der Waals surface area (Å²) in [5.41, 5.74) is 1.30. The van der Waals surface area contributed by atoms with E-state index in [1.807, 2.05) is 25.2 Å². The highest BCUT2D eigenvalue weighted by molar-refractivity contribution is 5.93. The van der Waals surface area contributed by atoms with Crippen LogP contribution in [-0.4, -0.2) is 25.1 Å². The summed E-state index contributed by atoms with van der Waals surface area (Å²) in [5.74, 6) is -5.84. The lowest BCUT2D eigenvalue weighted by Crippen LogP contribution is -2.24. The van der Waals surface area contributed by atoms with Crippen molar-refractivity contribution in [2.45, 2.75) is 13.8 Å². The maximum Gasteiger partial charge on any atom is 0.344 e. The standard InChI is InChI=1S/C18H16F3NO4/c1-10-4-3-5-14(11(10)2)25-9-16(24)26-8-15(23)22-13-7-6-12(19)17(20)18(13)21/h3-7H,8-9H2,1-2H3,(H,22,23). The largest absolute Gasteiger partial charge is 0.482 e. The van der Waals surface area contributed by atoms with Crippen molar-refractivity contribution in [3.8, 4) is 5.75 Å². The second-order valence-corrected chi connectivity index (χ2v) is 5.42. The predicted octanol–water partition coefficient (Wildman–Crippen LogP) is 3.28. The van der Waals surface area contributed by atoms with E-state index in [0.717, 1.165) is 17.2 Å². The van der Waals surface area contributed by atoms with Crippen molar-refractivity contribution in [1.29, 1.82) is 0 Å². The summed E-state index contributed by atoms with van der Waals surface area (Å²) >= 11 is 0. The van der Waals surface area contributed by atoms with E-state index in [1.165, 1.54) is 0 Å². The summed E-state index contributed by atoms with van der Waals surface area (Å²) in [7, 11) is 0. The lowest BCUT2D eigenvalue weighted by atomic mass is 10.1. The number of rotatable bonds is 6. The average Bonchev–Trinajstić information content (AvgIpc) is 2.61. The molecule has 2 rings (SSSR count). The van der Waals surface area contributed by atoms with E-state index in [9.17, 15) is 22.8 Å². The molecule has 0 aliphatic rings. The molecule has 2 aromatic carbocycles. The molecule has 0 atom stereocenters. The van der Waals surface area contributed by atoms with Crippen molar-refractivity contribution in [1.82, 2.24) is 0 Å². The highest BCUT2D eigenvalue weighted by Crippen LogP contribution is 2.21. The molecule has 0 unspecified atom stereocenters. The van der Waals surface area contributed by atoms with Crippen LogP contribution >= 0.6 is 0 Å². The van der Waals surface area contributed by atoms with Gasteiger partial charge < -0.3 is 14.8 Å². The van der Waals surface area contributed by atoms with E-state index in [-0.39, 0.29) is 0 Å². The number of anilines is 1. The number of esters is 1. The third kappa shape index (κ3) is 4.75. The number of benzene rings is 2. The SMILES string of the molecule is Cc1cccc(OCC(=O)OCC(=O)Nc2ccc(F)c(F)c2F)c1C. The number of ether oxygens (including phenoxy) is 2. The zero-order valence-electron chi connectivity index (χ0n) is 14.1. The number of hydrogen-bond donors (Lipinski definition) is 1. The Balaban J connectivity index is 1.83. The van der Waals surface area contributed by atoms with Gasteiger partial charge in [0.2, 0.25) is 0 Å². The number of aryl methyl sites for hydroxylation is 1. The van der Waals surface area contributed by atoms with Gasteiger partial charge in [0.25, 0.3) is 5.91 Å². The van der Waals surface area contributed by atoms with Crippen LogP contribution in [0.4, 0.5) is 18.9 Å². The molecular formula is C18H16F3NO4. The molecule has 0 aliphatic heterocycles. The van der Waals surface area contributed by atoms with Crippen molar-refractivity contribution >= 4 is 17.6 Å². The van der Waals surface area contributed by atoms with E-state index < -0.39 is 48.2 Å². The number of hydrogen-bond acceptors (Lipinski definition) is 4. The molecule has 0 spiro atoms. The molecule has 0 heterocycles. The molecule has 0 aliphatic carbocycles. The van der Waals surface area contributed by atoms with Gasteiger partial charge in [-0.15, -0.1) is 0 Å². The van der Waals surface area contributed by atoms with E-state index in [0.29, 0.717) is 11.8 Å². The molecule has 0 aromatic heterocycles. The quantitative estimate of drug-likeness (QED) is 0.629. The molecule has 0 radical (unpaired) electrons. The Labute approximate surface area is 147 Å². The monoisotopic (exact) mass is 367 g/mol. The summed E-state index contributed by atoms with van der Waals surface area (Å²) in [6, 6.07) is 6.87. The maximum atomic E-state index is 13.4. The molecule has 0 fully saturated rings. The first kappa shape index (κ1) is 19.3. The van der Waals surface area contributed by atoms with Crippen molar-refractivity contribution < 1.29 is 32.2 Å². The van der Waals surface area contributed by atoms with E-state index in [1.54, 1.807) is 12.1 Å². The summed E-state index contributed by atoms with van der Waals surface area (Å²) in [4.78, 5) is 23.3. The zero-order chi connectivity index (χ0) is 19.3. The fourth-order valence-electron chi connectivity index (χ4n) is 2.01. The second-order valence-electron chi connectivity index (χ2n) is 5.42. The molecule has 26 heavy (non-hydrogen) atoms. The van der Waals surface area contributed by atoms with Crippen LogP contribution < -0.4 is 10.1 Å².